The molecule has 6 heteroatoms. The summed E-state index contributed by atoms with van der Waals surface area (Å²) in [4.78, 5) is 4.32. The van der Waals surface area contributed by atoms with Gasteiger partial charge in [-0.05, 0) is 6.92 Å². The first-order chi connectivity index (χ1) is 5.12. The molecule has 5 nitrogen and oxygen atoms in total. The number of hydrogen-bond donors (Lipinski definition) is 0. The molecule has 0 aromatic rings. The lowest BCUT2D eigenvalue weighted by molar-refractivity contribution is -0.208. The molecule has 0 aromatic heterocycles. The number of rotatable bonds is 6. The first kappa shape index (κ1) is 10.8. The lowest BCUT2D eigenvalue weighted by atomic mass is 10.8. The molecule has 0 saturated heterocycles. The maximum atomic E-state index is 10.6. The van der Waals surface area contributed by atoms with Crippen molar-refractivity contribution in [3.8, 4) is 0 Å². The molecule has 68 valence electrons. The predicted octanol–water partition coefficient (Wildman–Crippen LogP) is -0.0693. The van der Waals surface area contributed by atoms with E-state index in [9.17, 15) is 8.42 Å². The van der Waals surface area contributed by atoms with Crippen LogP contribution in [0.1, 0.15) is 6.92 Å². The van der Waals surface area contributed by atoms with Gasteiger partial charge in [0.25, 0.3) is 10.1 Å². The summed E-state index contributed by atoms with van der Waals surface area (Å²) in [5.41, 5.74) is 0. The number of ether oxygens (including phenoxy) is 1. The average molecular weight is 184 g/mol. The molecule has 0 aliphatic heterocycles. The van der Waals surface area contributed by atoms with Crippen molar-refractivity contribution in [2.75, 3.05) is 26.1 Å². The Balaban J connectivity index is 3.39. The average Bonchev–Trinajstić information content (AvgIpc) is 1.99. The zero-order valence-electron chi connectivity index (χ0n) is 6.57. The molecule has 0 bridgehead atoms. The lowest BCUT2D eigenvalue weighted by Crippen LogP contribution is -2.11. The summed E-state index contributed by atoms with van der Waals surface area (Å²) < 4.78 is 29.8. The van der Waals surface area contributed by atoms with E-state index in [-0.39, 0.29) is 12.4 Å². The number of hydrogen-bond acceptors (Lipinski definition) is 5. The van der Waals surface area contributed by atoms with Crippen LogP contribution < -0.4 is 0 Å². The van der Waals surface area contributed by atoms with Crippen molar-refractivity contribution in [3.05, 3.63) is 0 Å². The van der Waals surface area contributed by atoms with Gasteiger partial charge in [-0.3, -0.25) is 0 Å². The molecular weight excluding hydrogens is 172 g/mol. The van der Waals surface area contributed by atoms with E-state index in [2.05, 4.69) is 14.0 Å². The highest BCUT2D eigenvalue weighted by Crippen LogP contribution is 1.92. The van der Waals surface area contributed by atoms with E-state index in [1.54, 1.807) is 0 Å². The van der Waals surface area contributed by atoms with Crippen LogP contribution in [0.15, 0.2) is 0 Å². The van der Waals surface area contributed by atoms with Gasteiger partial charge in [0.05, 0.1) is 12.4 Å². The molecule has 0 aliphatic rings. The Morgan fingerprint density at radius 3 is 2.36 bits per heavy atom. The van der Waals surface area contributed by atoms with E-state index >= 15 is 0 Å². The van der Waals surface area contributed by atoms with Gasteiger partial charge >= 0.3 is 0 Å². The standard InChI is InChI=1S/C5H12O5S/c1-3-11(6,7)10-9-5-4-8-2/h3-5H2,1-2H3. The van der Waals surface area contributed by atoms with E-state index in [0.717, 1.165) is 0 Å². The Labute approximate surface area is 66.3 Å². The van der Waals surface area contributed by atoms with Gasteiger partial charge < -0.3 is 4.74 Å². The van der Waals surface area contributed by atoms with Gasteiger partial charge in [0.15, 0.2) is 0 Å². The van der Waals surface area contributed by atoms with E-state index in [1.165, 1.54) is 14.0 Å². The summed E-state index contributed by atoms with van der Waals surface area (Å²) in [6.07, 6.45) is 0. The van der Waals surface area contributed by atoms with Crippen LogP contribution in [0.5, 0.6) is 0 Å². The van der Waals surface area contributed by atoms with Gasteiger partial charge in [0, 0.05) is 7.11 Å². The lowest BCUT2D eigenvalue weighted by Gasteiger charge is -2.00. The molecule has 0 saturated carbocycles. The van der Waals surface area contributed by atoms with E-state index < -0.39 is 10.1 Å². The van der Waals surface area contributed by atoms with Crippen LogP contribution in [0, 0.1) is 0 Å². The Morgan fingerprint density at radius 1 is 1.27 bits per heavy atom. The molecule has 0 N–H and O–H groups in total. The third-order valence-electron chi connectivity index (χ3n) is 0.876. The summed E-state index contributed by atoms with van der Waals surface area (Å²) in [6.45, 7) is 1.88. The zero-order valence-corrected chi connectivity index (χ0v) is 7.39. The van der Waals surface area contributed by atoms with E-state index in [1.807, 2.05) is 0 Å². The molecule has 11 heavy (non-hydrogen) atoms. The molecule has 0 rings (SSSR count). The maximum absolute atomic E-state index is 10.6. The first-order valence-electron chi connectivity index (χ1n) is 3.15. The third-order valence-corrected chi connectivity index (χ3v) is 1.89. The minimum absolute atomic E-state index is 0.0972. The Hall–Kier alpha value is -0.170. The summed E-state index contributed by atoms with van der Waals surface area (Å²) >= 11 is 0. The third kappa shape index (κ3) is 6.24. The van der Waals surface area contributed by atoms with Gasteiger partial charge in [-0.1, -0.05) is 0 Å². The molecule has 0 heterocycles. The minimum Gasteiger partial charge on any atom is -0.382 e. The second-order valence-electron chi connectivity index (χ2n) is 1.73. The van der Waals surface area contributed by atoms with Crippen LogP contribution in [0.4, 0.5) is 0 Å². The second kappa shape index (κ2) is 5.48. The van der Waals surface area contributed by atoms with Crippen LogP contribution in [0.3, 0.4) is 0 Å². The van der Waals surface area contributed by atoms with Crippen molar-refractivity contribution in [1.29, 1.82) is 0 Å². The highest BCUT2D eigenvalue weighted by atomic mass is 32.2. The predicted molar refractivity (Wildman–Crippen MR) is 38.4 cm³/mol. The fraction of sp³-hybridized carbons (Fsp3) is 1.00. The molecule has 0 radical (unpaired) electrons. The largest absolute Gasteiger partial charge is 0.382 e. The number of methoxy groups -OCH3 is 1. The highest BCUT2D eigenvalue weighted by molar-refractivity contribution is 7.86. The molecular formula is C5H12O5S. The fourth-order valence-electron chi connectivity index (χ4n) is 0.273. The maximum Gasteiger partial charge on any atom is 0.293 e. The highest BCUT2D eigenvalue weighted by Gasteiger charge is 2.07. The SMILES string of the molecule is CCS(=O)(=O)OOCCOC. The van der Waals surface area contributed by atoms with Crippen molar-refractivity contribution >= 4 is 10.1 Å². The Bertz CT molecular complexity index is 173. The van der Waals surface area contributed by atoms with Crippen LogP contribution >= 0.6 is 0 Å². The molecule has 0 atom stereocenters. The second-order valence-corrected chi connectivity index (χ2v) is 3.56. The minimum atomic E-state index is -3.48. The summed E-state index contributed by atoms with van der Waals surface area (Å²) in [5.74, 6) is -0.0972. The van der Waals surface area contributed by atoms with Gasteiger partial charge in [0.2, 0.25) is 0 Å². The zero-order chi connectivity index (χ0) is 8.74. The molecule has 0 aliphatic carbocycles. The van der Waals surface area contributed by atoms with Gasteiger partial charge in [-0.15, -0.1) is 4.33 Å². The van der Waals surface area contributed by atoms with Crippen molar-refractivity contribution in [2.24, 2.45) is 0 Å². The van der Waals surface area contributed by atoms with Gasteiger partial charge in [-0.25, -0.2) is 4.89 Å². The van der Waals surface area contributed by atoms with Crippen LogP contribution in [0.25, 0.3) is 0 Å². The van der Waals surface area contributed by atoms with E-state index in [4.69, 9.17) is 0 Å². The first-order valence-corrected chi connectivity index (χ1v) is 4.73. The normalized spacial score (nSPS) is 11.8. The van der Waals surface area contributed by atoms with E-state index in [0.29, 0.717) is 6.61 Å². The van der Waals surface area contributed by atoms with Crippen molar-refractivity contribution in [3.63, 3.8) is 0 Å². The summed E-state index contributed by atoms with van der Waals surface area (Å²) in [5, 5.41) is 0. The topological polar surface area (TPSA) is 61.8 Å². The van der Waals surface area contributed by atoms with Crippen LogP contribution in [-0.4, -0.2) is 34.5 Å². The van der Waals surface area contributed by atoms with Gasteiger partial charge in [0.1, 0.15) is 6.61 Å². The van der Waals surface area contributed by atoms with Crippen LogP contribution in [0.2, 0.25) is 0 Å². The smallest absolute Gasteiger partial charge is 0.293 e. The van der Waals surface area contributed by atoms with Crippen molar-refractivity contribution in [2.45, 2.75) is 6.92 Å². The van der Waals surface area contributed by atoms with Crippen molar-refractivity contribution < 1.29 is 22.4 Å². The monoisotopic (exact) mass is 184 g/mol. The molecule has 0 unspecified atom stereocenters. The van der Waals surface area contributed by atoms with Gasteiger partial charge in [-0.2, -0.15) is 8.42 Å². The fourth-order valence-corrected chi connectivity index (χ4v) is 0.584. The molecule has 0 spiro atoms. The molecule has 0 amide bonds. The molecule has 0 aromatic carbocycles. The van der Waals surface area contributed by atoms with Crippen LogP contribution in [-0.2, 0) is 24.1 Å². The Kier molecular flexibility index (Phi) is 5.39. The molecule has 0 fully saturated rings. The summed E-state index contributed by atoms with van der Waals surface area (Å²) in [6, 6.07) is 0. The van der Waals surface area contributed by atoms with Crippen molar-refractivity contribution in [1.82, 2.24) is 0 Å². The summed E-state index contributed by atoms with van der Waals surface area (Å²) in [7, 11) is -1.99. The Morgan fingerprint density at radius 2 is 1.91 bits per heavy atom. The quantitative estimate of drug-likeness (QED) is 0.328.